The van der Waals surface area contributed by atoms with Crippen LogP contribution >= 0.6 is 0 Å². The predicted octanol–water partition coefficient (Wildman–Crippen LogP) is 4.12. The molecule has 142 valence electrons. The number of nitrogens with zero attached hydrogens (tertiary/aromatic N) is 2. The van der Waals surface area contributed by atoms with E-state index in [0.717, 1.165) is 30.5 Å². The van der Waals surface area contributed by atoms with E-state index in [4.69, 9.17) is 4.52 Å². The molecule has 3 rings (SSSR count). The summed E-state index contributed by atoms with van der Waals surface area (Å²) in [6.45, 7) is 9.70. The van der Waals surface area contributed by atoms with Crippen molar-refractivity contribution in [2.45, 2.75) is 52.5 Å². The number of nitrogens with one attached hydrogen (secondary N) is 1. The number of aromatic nitrogens is 1. The molecule has 0 radical (unpaired) electrons. The number of unbranched alkanes of at least 4 members (excludes halogenated alkanes) is 1. The number of rotatable bonds is 9. The summed E-state index contributed by atoms with van der Waals surface area (Å²) in [5.74, 6) is 1.80. The minimum absolute atomic E-state index is 0.866. The smallest absolute Gasteiger partial charge is 0.138 e. The average molecular weight is 356 g/mol. The lowest BCUT2D eigenvalue weighted by atomic mass is 9.90. The Labute approximate surface area is 158 Å². The lowest BCUT2D eigenvalue weighted by Gasteiger charge is -2.32. The summed E-state index contributed by atoms with van der Waals surface area (Å²) < 4.78 is 5.20. The Bertz CT molecular complexity index is 625. The molecule has 0 aliphatic carbocycles. The van der Waals surface area contributed by atoms with Crippen LogP contribution in [-0.2, 0) is 13.0 Å². The monoisotopic (exact) mass is 355 g/mol. The van der Waals surface area contributed by atoms with Crippen molar-refractivity contribution in [3.8, 4) is 0 Å². The Morgan fingerprint density at radius 2 is 1.88 bits per heavy atom. The molecule has 1 aliphatic rings. The van der Waals surface area contributed by atoms with Gasteiger partial charge in [-0.1, -0.05) is 35.5 Å². The SMILES string of the molecule is Cc1noc(C)c1CNCCCCN1CCC(Cc2ccccc2)CC1. The van der Waals surface area contributed by atoms with Gasteiger partial charge in [0.25, 0.3) is 0 Å². The van der Waals surface area contributed by atoms with Gasteiger partial charge in [0.2, 0.25) is 0 Å². The van der Waals surface area contributed by atoms with Gasteiger partial charge in [-0.05, 0) is 83.6 Å². The number of benzene rings is 1. The largest absolute Gasteiger partial charge is 0.361 e. The van der Waals surface area contributed by atoms with E-state index >= 15 is 0 Å². The zero-order valence-corrected chi connectivity index (χ0v) is 16.3. The van der Waals surface area contributed by atoms with E-state index in [1.54, 1.807) is 0 Å². The Morgan fingerprint density at radius 3 is 2.58 bits per heavy atom. The molecule has 1 aromatic carbocycles. The fraction of sp³-hybridized carbons (Fsp3) is 0.591. The predicted molar refractivity (Wildman–Crippen MR) is 106 cm³/mol. The summed E-state index contributed by atoms with van der Waals surface area (Å²) in [6.07, 6.45) is 6.45. The maximum absolute atomic E-state index is 5.20. The van der Waals surface area contributed by atoms with Crippen molar-refractivity contribution in [2.75, 3.05) is 26.2 Å². The van der Waals surface area contributed by atoms with Gasteiger partial charge < -0.3 is 14.7 Å². The maximum atomic E-state index is 5.20. The van der Waals surface area contributed by atoms with E-state index in [9.17, 15) is 0 Å². The molecular formula is C22H33N3O. The van der Waals surface area contributed by atoms with Crippen molar-refractivity contribution < 1.29 is 4.52 Å². The second-order valence-electron chi connectivity index (χ2n) is 7.66. The molecule has 2 aromatic rings. The normalized spacial score (nSPS) is 16.2. The molecule has 0 amide bonds. The van der Waals surface area contributed by atoms with Crippen molar-refractivity contribution in [2.24, 2.45) is 5.92 Å². The summed E-state index contributed by atoms with van der Waals surface area (Å²) in [7, 11) is 0. The van der Waals surface area contributed by atoms with E-state index in [-0.39, 0.29) is 0 Å². The Hall–Kier alpha value is -1.65. The quantitative estimate of drug-likeness (QED) is 0.687. The lowest BCUT2D eigenvalue weighted by molar-refractivity contribution is 0.181. The molecular weight excluding hydrogens is 322 g/mol. The molecule has 0 spiro atoms. The van der Waals surface area contributed by atoms with Crippen LogP contribution in [0, 0.1) is 19.8 Å². The van der Waals surface area contributed by atoms with Crippen LogP contribution in [0.3, 0.4) is 0 Å². The molecule has 1 aromatic heterocycles. The summed E-state index contributed by atoms with van der Waals surface area (Å²) in [5, 5.41) is 7.53. The minimum Gasteiger partial charge on any atom is -0.361 e. The molecule has 1 aliphatic heterocycles. The molecule has 0 atom stereocenters. The lowest BCUT2D eigenvalue weighted by Crippen LogP contribution is -2.35. The van der Waals surface area contributed by atoms with Crippen LogP contribution in [0.1, 0.15) is 48.3 Å². The van der Waals surface area contributed by atoms with Gasteiger partial charge in [0, 0.05) is 12.1 Å². The molecule has 4 heteroatoms. The molecule has 26 heavy (non-hydrogen) atoms. The summed E-state index contributed by atoms with van der Waals surface area (Å²) in [6, 6.07) is 11.0. The van der Waals surface area contributed by atoms with Crippen LogP contribution in [0.2, 0.25) is 0 Å². The third-order valence-corrected chi connectivity index (χ3v) is 5.64. The molecule has 0 bridgehead atoms. The van der Waals surface area contributed by atoms with Gasteiger partial charge >= 0.3 is 0 Å². The highest BCUT2D eigenvalue weighted by atomic mass is 16.5. The standard InChI is InChI=1S/C22H33N3O/c1-18-22(19(2)26-24-18)17-23-12-6-7-13-25-14-10-21(11-15-25)16-20-8-4-3-5-9-20/h3-5,8-9,21,23H,6-7,10-17H2,1-2H3. The van der Waals surface area contributed by atoms with E-state index in [1.807, 2.05) is 13.8 Å². The van der Waals surface area contributed by atoms with Crippen LogP contribution in [0.5, 0.6) is 0 Å². The molecule has 2 heterocycles. The number of hydrogen-bond acceptors (Lipinski definition) is 4. The first-order chi connectivity index (χ1) is 12.7. The third-order valence-electron chi connectivity index (χ3n) is 5.64. The fourth-order valence-corrected chi connectivity index (χ4v) is 3.91. The first-order valence-electron chi connectivity index (χ1n) is 10.1. The highest BCUT2D eigenvalue weighted by Gasteiger charge is 2.18. The zero-order valence-electron chi connectivity index (χ0n) is 16.3. The highest BCUT2D eigenvalue weighted by molar-refractivity contribution is 5.20. The Balaban J connectivity index is 1.24. The van der Waals surface area contributed by atoms with Gasteiger partial charge in [0.15, 0.2) is 0 Å². The number of hydrogen-bond donors (Lipinski definition) is 1. The van der Waals surface area contributed by atoms with Gasteiger partial charge in [-0.25, -0.2) is 0 Å². The van der Waals surface area contributed by atoms with E-state index < -0.39 is 0 Å². The second-order valence-corrected chi connectivity index (χ2v) is 7.66. The number of likely N-dealkylation sites (tertiary alicyclic amines) is 1. The molecule has 4 nitrogen and oxygen atoms in total. The second kappa shape index (κ2) is 9.89. The Morgan fingerprint density at radius 1 is 1.12 bits per heavy atom. The van der Waals surface area contributed by atoms with Crippen molar-refractivity contribution in [1.82, 2.24) is 15.4 Å². The third kappa shape index (κ3) is 5.68. The molecule has 1 saturated heterocycles. The minimum atomic E-state index is 0.866. The van der Waals surface area contributed by atoms with Gasteiger partial charge in [-0.3, -0.25) is 0 Å². The van der Waals surface area contributed by atoms with Crippen LogP contribution in [0.4, 0.5) is 0 Å². The fourth-order valence-electron chi connectivity index (χ4n) is 3.91. The van der Waals surface area contributed by atoms with E-state index in [1.165, 1.54) is 62.9 Å². The first-order valence-corrected chi connectivity index (χ1v) is 10.1. The Kier molecular flexibility index (Phi) is 7.27. The zero-order chi connectivity index (χ0) is 18.2. The van der Waals surface area contributed by atoms with Gasteiger partial charge in [-0.2, -0.15) is 0 Å². The van der Waals surface area contributed by atoms with Gasteiger partial charge in [0.1, 0.15) is 5.76 Å². The van der Waals surface area contributed by atoms with Crippen LogP contribution < -0.4 is 5.32 Å². The molecule has 1 fully saturated rings. The summed E-state index contributed by atoms with van der Waals surface area (Å²) in [4.78, 5) is 2.65. The van der Waals surface area contributed by atoms with Gasteiger partial charge in [-0.15, -0.1) is 0 Å². The topological polar surface area (TPSA) is 41.3 Å². The molecule has 0 unspecified atom stereocenters. The van der Waals surface area contributed by atoms with Crippen molar-refractivity contribution in [3.63, 3.8) is 0 Å². The van der Waals surface area contributed by atoms with Crippen molar-refractivity contribution in [1.29, 1.82) is 0 Å². The highest BCUT2D eigenvalue weighted by Crippen LogP contribution is 2.21. The van der Waals surface area contributed by atoms with Crippen molar-refractivity contribution >= 4 is 0 Å². The summed E-state index contributed by atoms with van der Waals surface area (Å²) in [5.41, 5.74) is 3.72. The molecule has 0 saturated carbocycles. The number of piperidine rings is 1. The summed E-state index contributed by atoms with van der Waals surface area (Å²) >= 11 is 0. The van der Waals surface area contributed by atoms with Crippen LogP contribution in [0.15, 0.2) is 34.9 Å². The number of aryl methyl sites for hydroxylation is 2. The van der Waals surface area contributed by atoms with Gasteiger partial charge in [0.05, 0.1) is 5.69 Å². The maximum Gasteiger partial charge on any atom is 0.138 e. The van der Waals surface area contributed by atoms with E-state index in [0.29, 0.717) is 0 Å². The average Bonchev–Trinajstić information content (AvgIpc) is 2.98. The molecule has 1 N–H and O–H groups in total. The van der Waals surface area contributed by atoms with Crippen LogP contribution in [-0.4, -0.2) is 36.2 Å². The first kappa shape index (κ1) is 19.1. The van der Waals surface area contributed by atoms with Crippen molar-refractivity contribution in [3.05, 3.63) is 52.9 Å². The van der Waals surface area contributed by atoms with E-state index in [2.05, 4.69) is 45.7 Å². The van der Waals surface area contributed by atoms with Crippen LogP contribution in [0.25, 0.3) is 0 Å².